The molecule has 1 aromatic carbocycles. The van der Waals surface area contributed by atoms with Crippen molar-refractivity contribution in [1.29, 1.82) is 0 Å². The molecule has 1 aromatic heterocycles. The molecule has 3 rings (SSSR count). The topological polar surface area (TPSA) is 51.2 Å². The minimum atomic E-state index is -1.29. The van der Waals surface area contributed by atoms with Crippen molar-refractivity contribution in [2.24, 2.45) is 11.3 Å². The largest absolute Gasteiger partial charge is 0.414 e. The van der Waals surface area contributed by atoms with Gasteiger partial charge in [-0.15, -0.1) is 11.3 Å². The summed E-state index contributed by atoms with van der Waals surface area (Å²) in [7, 11) is 2.04. The zero-order chi connectivity index (χ0) is 19.1. The molecular formula is C18H26N2O2S3Si. The van der Waals surface area contributed by atoms with Crippen LogP contribution in [-0.4, -0.2) is 30.9 Å². The maximum Gasteiger partial charge on any atom is 0.229 e. The fourth-order valence-electron chi connectivity index (χ4n) is 3.16. The van der Waals surface area contributed by atoms with Gasteiger partial charge in [-0.05, 0) is 48.4 Å². The molecule has 26 heavy (non-hydrogen) atoms. The maximum absolute atomic E-state index is 12.5. The van der Waals surface area contributed by atoms with Crippen LogP contribution in [0.25, 0.3) is 10.2 Å². The van der Waals surface area contributed by atoms with Crippen molar-refractivity contribution < 1.29 is 9.22 Å². The Kier molecular flexibility index (Phi) is 5.80. The van der Waals surface area contributed by atoms with E-state index in [1.54, 1.807) is 32.9 Å². The Balaban J connectivity index is 1.74. The summed E-state index contributed by atoms with van der Waals surface area (Å²) in [6.07, 6.45) is 0. The second kappa shape index (κ2) is 7.47. The van der Waals surface area contributed by atoms with Gasteiger partial charge in [-0.3, -0.25) is 4.79 Å². The van der Waals surface area contributed by atoms with E-state index in [0.717, 1.165) is 9.86 Å². The Hall–Kier alpha value is -0.543. The number of rotatable bonds is 6. The number of amides is 1. The van der Waals surface area contributed by atoms with Gasteiger partial charge >= 0.3 is 0 Å². The summed E-state index contributed by atoms with van der Waals surface area (Å²) in [6, 6.07) is 8.17. The molecule has 1 aliphatic heterocycles. The summed E-state index contributed by atoms with van der Waals surface area (Å²) in [5, 5.41) is 3.10. The van der Waals surface area contributed by atoms with Crippen molar-refractivity contribution in [2.75, 3.05) is 0 Å². The Labute approximate surface area is 169 Å². The first-order valence-electron chi connectivity index (χ1n) is 8.79. The van der Waals surface area contributed by atoms with Crippen LogP contribution in [0.3, 0.4) is 0 Å². The van der Waals surface area contributed by atoms with Crippen LogP contribution in [0.1, 0.15) is 27.7 Å². The Morgan fingerprint density at radius 1 is 1.23 bits per heavy atom. The van der Waals surface area contributed by atoms with Crippen molar-refractivity contribution >= 4 is 58.1 Å². The third kappa shape index (κ3) is 3.85. The molecule has 1 aliphatic rings. The monoisotopic (exact) mass is 426 g/mol. The first-order valence-corrected chi connectivity index (χ1v) is 14.6. The lowest BCUT2D eigenvalue weighted by atomic mass is 9.67. The summed E-state index contributed by atoms with van der Waals surface area (Å²) < 4.78 is 8.66. The zero-order valence-corrected chi connectivity index (χ0v) is 19.6. The molecule has 1 saturated heterocycles. The van der Waals surface area contributed by atoms with Crippen LogP contribution in [0.4, 0.5) is 0 Å². The van der Waals surface area contributed by atoms with Gasteiger partial charge in [0.25, 0.3) is 0 Å². The minimum absolute atomic E-state index is 0.0384. The number of benzene rings is 1. The molecule has 1 amide bonds. The summed E-state index contributed by atoms with van der Waals surface area (Å²) in [5.74, 6) is -0.0521. The van der Waals surface area contributed by atoms with E-state index in [4.69, 9.17) is 4.43 Å². The molecule has 2 aromatic rings. The molecule has 0 radical (unpaired) electrons. The zero-order valence-electron chi connectivity index (χ0n) is 16.0. The second-order valence-electron chi connectivity index (χ2n) is 8.06. The molecule has 2 heterocycles. The van der Waals surface area contributed by atoms with Crippen molar-refractivity contribution in [3.63, 3.8) is 0 Å². The van der Waals surface area contributed by atoms with Gasteiger partial charge in [-0.1, -0.05) is 43.7 Å². The fourth-order valence-corrected chi connectivity index (χ4v) is 8.53. The van der Waals surface area contributed by atoms with E-state index in [9.17, 15) is 4.79 Å². The number of aromatic nitrogens is 1. The predicted molar refractivity (Wildman–Crippen MR) is 116 cm³/mol. The van der Waals surface area contributed by atoms with Crippen molar-refractivity contribution in [2.45, 2.75) is 56.1 Å². The third-order valence-corrected chi connectivity index (χ3v) is 9.85. The van der Waals surface area contributed by atoms with Gasteiger partial charge in [0, 0.05) is 0 Å². The summed E-state index contributed by atoms with van der Waals surface area (Å²) in [6.45, 7) is 12.9. The van der Waals surface area contributed by atoms with Gasteiger partial charge in [0.15, 0.2) is 13.4 Å². The number of hydrogen-bond donors (Lipinski definition) is 1. The molecular weight excluding hydrogens is 400 g/mol. The van der Waals surface area contributed by atoms with E-state index < -0.39 is 14.6 Å². The number of β-lactam (4-membered cyclic amide) rings is 1. The van der Waals surface area contributed by atoms with Gasteiger partial charge in [0.1, 0.15) is 0 Å². The highest BCUT2D eigenvalue weighted by atomic mass is 33.1. The third-order valence-electron chi connectivity index (χ3n) is 4.93. The van der Waals surface area contributed by atoms with Crippen LogP contribution in [0.5, 0.6) is 0 Å². The van der Waals surface area contributed by atoms with Gasteiger partial charge in [0.2, 0.25) is 5.91 Å². The number of nitrogens with zero attached hydrogens (tertiary/aromatic N) is 1. The highest BCUT2D eigenvalue weighted by molar-refractivity contribution is 8.77. The molecule has 1 fully saturated rings. The van der Waals surface area contributed by atoms with Crippen LogP contribution in [0.15, 0.2) is 28.6 Å². The van der Waals surface area contributed by atoms with E-state index in [2.05, 4.69) is 57.2 Å². The second-order valence-corrected chi connectivity index (χ2v) is 14.0. The van der Waals surface area contributed by atoms with Crippen molar-refractivity contribution in [3.05, 3.63) is 24.3 Å². The average Bonchev–Trinajstić information content (AvgIpc) is 2.91. The number of carbonyl (C=O) groups excluding carboxylic acids is 1. The smallest absolute Gasteiger partial charge is 0.229 e. The van der Waals surface area contributed by atoms with Crippen LogP contribution in [-0.2, 0) is 9.22 Å². The molecule has 0 spiro atoms. The molecule has 3 atom stereocenters. The molecule has 142 valence electrons. The standard InChI is InChI=1S/C18H26N2O2S3Si/c1-17(2,3)18(4,22-26(5)6)13-14(21)20-15(13)24-25-16-19-11-9-7-8-10-12(11)23-16/h7-10,13,15,26H,1-6H3,(H,20,21)/t13-,15+,18?/m0/s1. The quantitative estimate of drug-likeness (QED) is 0.404. The summed E-state index contributed by atoms with van der Waals surface area (Å²) >= 11 is 1.69. The maximum atomic E-state index is 12.5. The fraction of sp³-hybridized carbons (Fsp3) is 0.556. The predicted octanol–water partition coefficient (Wildman–Crippen LogP) is 4.91. The highest BCUT2D eigenvalue weighted by Gasteiger charge is 2.57. The number of nitrogens with one attached hydrogen (secondary N) is 1. The minimum Gasteiger partial charge on any atom is -0.414 e. The molecule has 0 saturated carbocycles. The molecule has 1 N–H and O–H groups in total. The molecule has 0 bridgehead atoms. The van der Waals surface area contributed by atoms with Crippen molar-refractivity contribution in [3.8, 4) is 0 Å². The van der Waals surface area contributed by atoms with Crippen LogP contribution < -0.4 is 5.32 Å². The Morgan fingerprint density at radius 2 is 1.92 bits per heavy atom. The van der Waals surface area contributed by atoms with Crippen molar-refractivity contribution in [1.82, 2.24) is 10.3 Å². The number of para-hydroxylation sites is 1. The van der Waals surface area contributed by atoms with Gasteiger partial charge in [-0.25, -0.2) is 4.98 Å². The van der Waals surface area contributed by atoms with Crippen LogP contribution in [0, 0.1) is 11.3 Å². The van der Waals surface area contributed by atoms with Crippen LogP contribution >= 0.6 is 32.9 Å². The van der Waals surface area contributed by atoms with E-state index in [1.165, 1.54) is 4.70 Å². The lowest BCUT2D eigenvalue weighted by molar-refractivity contribution is -0.153. The Bertz CT molecular complexity index is 772. The van der Waals surface area contributed by atoms with Gasteiger partial charge in [-0.2, -0.15) is 0 Å². The van der Waals surface area contributed by atoms with E-state index >= 15 is 0 Å². The first kappa shape index (κ1) is 20.2. The molecule has 8 heteroatoms. The van der Waals surface area contributed by atoms with Gasteiger partial charge < -0.3 is 9.74 Å². The van der Waals surface area contributed by atoms with Crippen LogP contribution in [0.2, 0.25) is 13.1 Å². The van der Waals surface area contributed by atoms with E-state index in [-0.39, 0.29) is 22.6 Å². The highest BCUT2D eigenvalue weighted by Crippen LogP contribution is 2.50. The summed E-state index contributed by atoms with van der Waals surface area (Å²) in [5.41, 5.74) is 0.441. The lowest BCUT2D eigenvalue weighted by Gasteiger charge is -2.54. The number of thiazole rings is 1. The molecule has 4 nitrogen and oxygen atoms in total. The Morgan fingerprint density at radius 3 is 2.50 bits per heavy atom. The SMILES string of the molecule is C[SiH](C)OC(C)([C@H]1C(=O)N[C@@H]1SSc1nc2ccccc2s1)C(C)(C)C. The average molecular weight is 427 g/mol. The lowest BCUT2D eigenvalue weighted by Crippen LogP contribution is -2.69. The first-order chi connectivity index (χ1) is 12.1. The normalized spacial score (nSPS) is 23.0. The molecule has 1 unspecified atom stereocenters. The molecule has 0 aliphatic carbocycles. The number of carbonyl (C=O) groups is 1. The summed E-state index contributed by atoms with van der Waals surface area (Å²) in [4.78, 5) is 17.1. The number of fused-ring (bicyclic) bond motifs is 1. The van der Waals surface area contributed by atoms with E-state index in [1.807, 2.05) is 18.2 Å². The van der Waals surface area contributed by atoms with E-state index in [0.29, 0.717) is 0 Å². The number of hydrogen-bond acceptors (Lipinski definition) is 6. The van der Waals surface area contributed by atoms with Gasteiger partial charge in [0.05, 0.1) is 27.1 Å².